The summed E-state index contributed by atoms with van der Waals surface area (Å²) in [7, 11) is 1.48. The molecule has 0 bridgehead atoms. The number of benzene rings is 1. The van der Waals surface area contributed by atoms with Crippen molar-refractivity contribution in [2.75, 3.05) is 7.05 Å². The minimum Gasteiger partial charge on any atom is -0.378 e. The van der Waals surface area contributed by atoms with Crippen molar-refractivity contribution in [3.05, 3.63) is 35.4 Å². The van der Waals surface area contributed by atoms with Crippen LogP contribution in [0.1, 0.15) is 17.2 Å². The first-order valence-corrected chi connectivity index (χ1v) is 4.38. The second kappa shape index (κ2) is 4.74. The van der Waals surface area contributed by atoms with E-state index in [1.165, 1.54) is 7.05 Å². The van der Waals surface area contributed by atoms with E-state index in [4.69, 9.17) is 5.73 Å². The molecular formula is C10H14N2O2. The maximum Gasteiger partial charge on any atom is 0.253 e. The van der Waals surface area contributed by atoms with E-state index in [0.29, 0.717) is 12.1 Å². The first kappa shape index (κ1) is 10.7. The smallest absolute Gasteiger partial charge is 0.253 e. The lowest BCUT2D eigenvalue weighted by atomic mass is 10.0. The highest BCUT2D eigenvalue weighted by atomic mass is 16.3. The van der Waals surface area contributed by atoms with E-state index in [9.17, 15) is 9.90 Å². The summed E-state index contributed by atoms with van der Waals surface area (Å²) in [5, 5.41) is 12.0. The molecule has 4 N–H and O–H groups in total. The van der Waals surface area contributed by atoms with Gasteiger partial charge >= 0.3 is 0 Å². The summed E-state index contributed by atoms with van der Waals surface area (Å²) in [5.74, 6) is -0.425. The van der Waals surface area contributed by atoms with E-state index in [1.54, 1.807) is 18.2 Å². The maximum atomic E-state index is 11.2. The molecule has 0 spiro atoms. The zero-order chi connectivity index (χ0) is 10.6. The van der Waals surface area contributed by atoms with Crippen molar-refractivity contribution in [1.29, 1.82) is 0 Å². The minimum absolute atomic E-state index is 0.310. The van der Waals surface area contributed by atoms with Crippen LogP contribution in [0.15, 0.2) is 24.3 Å². The van der Waals surface area contributed by atoms with Crippen LogP contribution in [0.5, 0.6) is 0 Å². The largest absolute Gasteiger partial charge is 0.378 e. The van der Waals surface area contributed by atoms with Gasteiger partial charge < -0.3 is 16.2 Å². The molecule has 0 aromatic heterocycles. The molecule has 0 saturated carbocycles. The monoisotopic (exact) mass is 194 g/mol. The fourth-order valence-corrected chi connectivity index (χ4v) is 1.26. The number of aliphatic hydroxyl groups is 1. The van der Waals surface area contributed by atoms with Crippen LogP contribution in [0.2, 0.25) is 0 Å². The van der Waals surface area contributed by atoms with E-state index in [-0.39, 0.29) is 0 Å². The highest BCUT2D eigenvalue weighted by Gasteiger charge is 2.17. The predicted molar refractivity (Wildman–Crippen MR) is 53.4 cm³/mol. The Morgan fingerprint density at radius 2 is 2.21 bits per heavy atom. The van der Waals surface area contributed by atoms with E-state index < -0.39 is 12.0 Å². The topological polar surface area (TPSA) is 75.3 Å². The van der Waals surface area contributed by atoms with E-state index in [2.05, 4.69) is 5.32 Å². The van der Waals surface area contributed by atoms with Crippen molar-refractivity contribution >= 4 is 5.91 Å². The van der Waals surface area contributed by atoms with Crippen LogP contribution in [0.25, 0.3) is 0 Å². The molecule has 1 atom stereocenters. The lowest BCUT2D eigenvalue weighted by Crippen LogP contribution is -2.26. The highest BCUT2D eigenvalue weighted by Crippen LogP contribution is 2.17. The van der Waals surface area contributed by atoms with Gasteiger partial charge in [0.15, 0.2) is 6.10 Å². The number of amides is 1. The Balaban J connectivity index is 2.99. The number of carbonyl (C=O) groups is 1. The quantitative estimate of drug-likeness (QED) is 0.630. The summed E-state index contributed by atoms with van der Waals surface area (Å²) in [4.78, 5) is 11.2. The minimum atomic E-state index is -1.14. The molecule has 76 valence electrons. The first-order valence-electron chi connectivity index (χ1n) is 4.38. The fraction of sp³-hybridized carbons (Fsp3) is 0.300. The van der Waals surface area contributed by atoms with Crippen molar-refractivity contribution in [1.82, 2.24) is 5.32 Å². The molecule has 4 heteroatoms. The molecule has 1 unspecified atom stereocenters. The molecule has 0 aliphatic carbocycles. The first-order chi connectivity index (χ1) is 6.70. The molecule has 0 aliphatic rings. The number of rotatable bonds is 3. The standard InChI is InChI=1S/C10H14N2O2/c1-12-10(14)9(13)8-5-3-2-4-7(8)6-11/h2-5,9,13H,6,11H2,1H3,(H,12,14). The van der Waals surface area contributed by atoms with Gasteiger partial charge in [-0.25, -0.2) is 0 Å². The van der Waals surface area contributed by atoms with Gasteiger partial charge in [-0.15, -0.1) is 0 Å². The number of carbonyl (C=O) groups excluding carboxylic acids is 1. The van der Waals surface area contributed by atoms with Crippen molar-refractivity contribution in [3.8, 4) is 0 Å². The SMILES string of the molecule is CNC(=O)C(O)c1ccccc1CN. The molecule has 1 amide bonds. The van der Waals surface area contributed by atoms with Gasteiger partial charge in [0.1, 0.15) is 0 Å². The number of nitrogens with two attached hydrogens (primary N) is 1. The molecule has 1 aromatic rings. The molecule has 1 rings (SSSR count). The van der Waals surface area contributed by atoms with Crippen LogP contribution in [0.4, 0.5) is 0 Å². The maximum absolute atomic E-state index is 11.2. The van der Waals surface area contributed by atoms with E-state index in [1.807, 2.05) is 6.07 Å². The van der Waals surface area contributed by atoms with E-state index >= 15 is 0 Å². The molecule has 0 fully saturated rings. The van der Waals surface area contributed by atoms with Crippen molar-refractivity contribution in [2.45, 2.75) is 12.6 Å². The Bertz CT molecular complexity index is 326. The third kappa shape index (κ3) is 2.10. The lowest BCUT2D eigenvalue weighted by Gasteiger charge is -2.12. The summed E-state index contributed by atoms with van der Waals surface area (Å²) < 4.78 is 0. The lowest BCUT2D eigenvalue weighted by molar-refractivity contribution is -0.129. The van der Waals surface area contributed by atoms with Gasteiger partial charge in [0.25, 0.3) is 5.91 Å². The molecule has 0 heterocycles. The number of nitrogens with one attached hydrogen (secondary N) is 1. The molecule has 0 aliphatic heterocycles. The third-order valence-electron chi connectivity index (χ3n) is 2.06. The van der Waals surface area contributed by atoms with Crippen LogP contribution < -0.4 is 11.1 Å². The second-order valence-corrected chi connectivity index (χ2v) is 2.92. The number of hydrogen-bond donors (Lipinski definition) is 3. The van der Waals surface area contributed by atoms with Gasteiger partial charge in [-0.1, -0.05) is 24.3 Å². The van der Waals surface area contributed by atoms with Crippen LogP contribution in [-0.4, -0.2) is 18.1 Å². The average Bonchev–Trinajstić information content (AvgIpc) is 2.26. The summed E-state index contributed by atoms with van der Waals surface area (Å²) in [6, 6.07) is 7.08. The van der Waals surface area contributed by atoms with Gasteiger partial charge in [-0.05, 0) is 11.1 Å². The molecule has 1 aromatic carbocycles. The van der Waals surface area contributed by atoms with Gasteiger partial charge in [0.05, 0.1) is 0 Å². The summed E-state index contributed by atoms with van der Waals surface area (Å²) in [6.45, 7) is 0.310. The van der Waals surface area contributed by atoms with Crippen LogP contribution >= 0.6 is 0 Å². The van der Waals surface area contributed by atoms with Gasteiger partial charge in [-0.3, -0.25) is 4.79 Å². The predicted octanol–water partition coefficient (Wildman–Crippen LogP) is -0.0753. The molecule has 0 radical (unpaired) electrons. The second-order valence-electron chi connectivity index (χ2n) is 2.92. The Morgan fingerprint density at radius 1 is 1.57 bits per heavy atom. The number of hydrogen-bond acceptors (Lipinski definition) is 3. The van der Waals surface area contributed by atoms with Crippen molar-refractivity contribution in [3.63, 3.8) is 0 Å². The van der Waals surface area contributed by atoms with Crippen molar-refractivity contribution in [2.24, 2.45) is 5.73 Å². The summed E-state index contributed by atoms with van der Waals surface area (Å²) in [5.41, 5.74) is 6.83. The fourth-order valence-electron chi connectivity index (χ4n) is 1.26. The third-order valence-corrected chi connectivity index (χ3v) is 2.06. The zero-order valence-corrected chi connectivity index (χ0v) is 8.03. The highest BCUT2D eigenvalue weighted by molar-refractivity contribution is 5.81. The Labute approximate surface area is 82.7 Å². The normalized spacial score (nSPS) is 12.2. The average molecular weight is 194 g/mol. The van der Waals surface area contributed by atoms with E-state index in [0.717, 1.165) is 5.56 Å². The summed E-state index contributed by atoms with van der Waals surface area (Å²) >= 11 is 0. The zero-order valence-electron chi connectivity index (χ0n) is 8.03. The number of aliphatic hydroxyl groups excluding tert-OH is 1. The summed E-state index contributed by atoms with van der Waals surface area (Å²) in [6.07, 6.45) is -1.14. The Kier molecular flexibility index (Phi) is 3.62. The Morgan fingerprint density at radius 3 is 2.79 bits per heavy atom. The van der Waals surface area contributed by atoms with Crippen LogP contribution in [0, 0.1) is 0 Å². The van der Waals surface area contributed by atoms with Crippen LogP contribution in [-0.2, 0) is 11.3 Å². The molecular weight excluding hydrogens is 180 g/mol. The van der Waals surface area contributed by atoms with Crippen molar-refractivity contribution < 1.29 is 9.90 Å². The molecule has 4 nitrogen and oxygen atoms in total. The van der Waals surface area contributed by atoms with Gasteiger partial charge in [-0.2, -0.15) is 0 Å². The molecule has 0 saturated heterocycles. The molecule has 14 heavy (non-hydrogen) atoms. The Hall–Kier alpha value is -1.39. The van der Waals surface area contributed by atoms with Gasteiger partial charge in [0, 0.05) is 13.6 Å². The van der Waals surface area contributed by atoms with Crippen LogP contribution in [0.3, 0.4) is 0 Å². The number of likely N-dealkylation sites (N-methyl/N-ethyl adjacent to an activating group) is 1. The van der Waals surface area contributed by atoms with Gasteiger partial charge in [0.2, 0.25) is 0 Å².